The molecule has 0 heterocycles. The number of rotatable bonds is 3. The monoisotopic (exact) mass is 300 g/mol. The maximum atomic E-state index is 10.9. The van der Waals surface area contributed by atoms with Gasteiger partial charge in [-0.05, 0) is 18.3 Å². The Morgan fingerprint density at radius 3 is 2.62 bits per heavy atom. The third-order valence-electron chi connectivity index (χ3n) is 1.60. The minimum absolute atomic E-state index is 0.120. The van der Waals surface area contributed by atoms with Crippen molar-refractivity contribution >= 4 is 44.9 Å². The van der Waals surface area contributed by atoms with Crippen LogP contribution in [0.25, 0.3) is 0 Å². The first-order valence-corrected chi connectivity index (χ1v) is 5.32. The van der Waals surface area contributed by atoms with Gasteiger partial charge >= 0.3 is 0 Å². The number of hydrogen-bond donors (Lipinski definition) is 2. The molecule has 0 aliphatic rings. The molecule has 0 radical (unpaired) electrons. The zero-order valence-electron chi connectivity index (χ0n) is 7.94. The zero-order valence-corrected chi connectivity index (χ0v) is 10.3. The smallest absolute Gasteiger partial charge is 0.184 e. The molecular formula is C9H7BrN3O2S-. The van der Waals surface area contributed by atoms with Gasteiger partial charge in [-0.3, -0.25) is 5.43 Å². The summed E-state index contributed by atoms with van der Waals surface area (Å²) in [6.45, 7) is 0. The summed E-state index contributed by atoms with van der Waals surface area (Å²) in [7, 11) is 0. The molecule has 0 saturated heterocycles. The Bertz CT molecular complexity index is 462. The van der Waals surface area contributed by atoms with Gasteiger partial charge in [0.15, 0.2) is 5.11 Å². The number of carboxylic acids is 1. The van der Waals surface area contributed by atoms with Gasteiger partial charge in [0.1, 0.15) is 5.71 Å². The zero-order chi connectivity index (χ0) is 12.1. The number of carboxylic acid groups (broad SMARTS) is 1. The molecule has 7 heteroatoms. The van der Waals surface area contributed by atoms with Crippen molar-refractivity contribution in [3.05, 3.63) is 34.3 Å². The van der Waals surface area contributed by atoms with Crippen molar-refractivity contribution in [2.24, 2.45) is 10.8 Å². The Balaban J connectivity index is 3.13. The van der Waals surface area contributed by atoms with Crippen LogP contribution < -0.4 is 16.3 Å². The van der Waals surface area contributed by atoms with E-state index < -0.39 is 5.97 Å². The summed E-state index contributed by atoms with van der Waals surface area (Å²) in [5, 5.41) is 14.3. The molecule has 1 aromatic rings. The van der Waals surface area contributed by atoms with Crippen LogP contribution in [0.4, 0.5) is 0 Å². The number of thiocarbonyl (C=S) groups is 1. The molecule has 0 aliphatic heterocycles. The van der Waals surface area contributed by atoms with Crippen LogP contribution >= 0.6 is 28.1 Å². The highest BCUT2D eigenvalue weighted by atomic mass is 79.9. The molecule has 0 aliphatic carbocycles. The van der Waals surface area contributed by atoms with Crippen molar-refractivity contribution < 1.29 is 9.90 Å². The van der Waals surface area contributed by atoms with E-state index in [9.17, 15) is 9.90 Å². The Hall–Kier alpha value is -1.47. The van der Waals surface area contributed by atoms with Gasteiger partial charge in [-0.15, -0.1) is 0 Å². The number of nitrogens with two attached hydrogens (primary N) is 1. The van der Waals surface area contributed by atoms with Gasteiger partial charge in [-0.25, -0.2) is 0 Å². The number of hydrogen-bond acceptors (Lipinski definition) is 4. The van der Waals surface area contributed by atoms with Crippen LogP contribution in [0.15, 0.2) is 33.8 Å². The SMILES string of the molecule is NC(=S)NN=C(C(=O)[O-])c1ccccc1Br. The largest absolute Gasteiger partial charge is 0.543 e. The summed E-state index contributed by atoms with van der Waals surface area (Å²) in [6.07, 6.45) is 0. The normalized spacial score (nSPS) is 10.9. The molecule has 0 amide bonds. The van der Waals surface area contributed by atoms with Crippen LogP contribution in [0.2, 0.25) is 0 Å². The maximum absolute atomic E-state index is 10.9. The molecule has 1 aromatic carbocycles. The predicted molar refractivity (Wildman–Crippen MR) is 65.6 cm³/mol. The van der Waals surface area contributed by atoms with E-state index in [1.54, 1.807) is 24.3 Å². The van der Waals surface area contributed by atoms with Gasteiger partial charge in [0.05, 0.1) is 5.97 Å². The lowest BCUT2D eigenvalue weighted by Crippen LogP contribution is -2.35. The van der Waals surface area contributed by atoms with Crippen LogP contribution in [-0.2, 0) is 4.79 Å². The lowest BCUT2D eigenvalue weighted by Gasteiger charge is -2.09. The minimum Gasteiger partial charge on any atom is -0.543 e. The molecule has 16 heavy (non-hydrogen) atoms. The van der Waals surface area contributed by atoms with E-state index in [1.807, 2.05) is 0 Å². The van der Waals surface area contributed by atoms with Crippen LogP contribution in [0.3, 0.4) is 0 Å². The quantitative estimate of drug-likeness (QED) is 0.456. The average Bonchev–Trinajstić information content (AvgIpc) is 2.20. The Labute approximate surface area is 105 Å². The van der Waals surface area contributed by atoms with E-state index >= 15 is 0 Å². The second kappa shape index (κ2) is 5.57. The van der Waals surface area contributed by atoms with E-state index in [1.165, 1.54) is 0 Å². The highest BCUT2D eigenvalue weighted by molar-refractivity contribution is 9.10. The number of hydrazone groups is 1. The third kappa shape index (κ3) is 3.28. The molecule has 0 saturated carbocycles. The van der Waals surface area contributed by atoms with Crippen molar-refractivity contribution in [1.82, 2.24) is 5.43 Å². The van der Waals surface area contributed by atoms with E-state index in [0.29, 0.717) is 10.0 Å². The van der Waals surface area contributed by atoms with Crippen molar-refractivity contribution in [3.63, 3.8) is 0 Å². The topological polar surface area (TPSA) is 90.5 Å². The van der Waals surface area contributed by atoms with Crippen molar-refractivity contribution in [2.45, 2.75) is 0 Å². The molecule has 3 N–H and O–H groups in total. The van der Waals surface area contributed by atoms with Gasteiger partial charge in [-0.1, -0.05) is 34.1 Å². The number of nitrogens with one attached hydrogen (secondary N) is 1. The predicted octanol–water partition coefficient (Wildman–Crippen LogP) is -0.264. The number of nitrogens with zero attached hydrogens (tertiary/aromatic N) is 1. The Morgan fingerprint density at radius 2 is 2.12 bits per heavy atom. The van der Waals surface area contributed by atoms with E-state index in [-0.39, 0.29) is 10.8 Å². The first-order valence-electron chi connectivity index (χ1n) is 4.11. The average molecular weight is 301 g/mol. The number of benzene rings is 1. The molecule has 0 bridgehead atoms. The lowest BCUT2D eigenvalue weighted by atomic mass is 10.1. The molecule has 0 fully saturated rings. The molecule has 0 unspecified atom stereocenters. The summed E-state index contributed by atoms with van der Waals surface area (Å²) in [5.74, 6) is -1.42. The summed E-state index contributed by atoms with van der Waals surface area (Å²) < 4.78 is 0.586. The number of carbonyl (C=O) groups is 1. The van der Waals surface area contributed by atoms with Gasteiger partial charge < -0.3 is 15.6 Å². The Morgan fingerprint density at radius 1 is 1.50 bits per heavy atom. The van der Waals surface area contributed by atoms with Crippen molar-refractivity contribution in [1.29, 1.82) is 0 Å². The van der Waals surface area contributed by atoms with E-state index in [4.69, 9.17) is 5.73 Å². The first kappa shape index (κ1) is 12.6. The highest BCUT2D eigenvalue weighted by Crippen LogP contribution is 2.16. The molecule has 0 aromatic heterocycles. The second-order valence-corrected chi connectivity index (χ2v) is 4.00. The molecule has 1 rings (SSSR count). The van der Waals surface area contributed by atoms with Crippen LogP contribution in [0.1, 0.15) is 5.56 Å². The highest BCUT2D eigenvalue weighted by Gasteiger charge is 2.08. The Kier molecular flexibility index (Phi) is 4.39. The maximum Gasteiger partial charge on any atom is 0.184 e. The summed E-state index contributed by atoms with van der Waals surface area (Å²) in [4.78, 5) is 10.9. The molecular weight excluding hydrogens is 294 g/mol. The fourth-order valence-electron chi connectivity index (χ4n) is 0.980. The van der Waals surface area contributed by atoms with Gasteiger partial charge in [0, 0.05) is 10.0 Å². The molecule has 0 atom stereocenters. The summed E-state index contributed by atoms with van der Waals surface area (Å²) in [6, 6.07) is 6.70. The van der Waals surface area contributed by atoms with Crippen LogP contribution in [-0.4, -0.2) is 16.8 Å². The molecule has 0 spiro atoms. The first-order chi connectivity index (χ1) is 7.52. The summed E-state index contributed by atoms with van der Waals surface area (Å²) in [5.41, 5.74) is 7.46. The third-order valence-corrected chi connectivity index (χ3v) is 2.38. The molecule has 84 valence electrons. The van der Waals surface area contributed by atoms with E-state index in [2.05, 4.69) is 38.7 Å². The number of carbonyl (C=O) groups excluding carboxylic acids is 1. The van der Waals surface area contributed by atoms with Crippen LogP contribution in [0, 0.1) is 0 Å². The van der Waals surface area contributed by atoms with Crippen LogP contribution in [0.5, 0.6) is 0 Å². The summed E-state index contributed by atoms with van der Waals surface area (Å²) >= 11 is 7.73. The van der Waals surface area contributed by atoms with Crippen molar-refractivity contribution in [2.75, 3.05) is 0 Å². The number of aliphatic carboxylic acids is 1. The second-order valence-electron chi connectivity index (χ2n) is 2.70. The van der Waals surface area contributed by atoms with Crippen molar-refractivity contribution in [3.8, 4) is 0 Å². The minimum atomic E-state index is -1.42. The fourth-order valence-corrected chi connectivity index (χ4v) is 1.50. The fraction of sp³-hybridized carbons (Fsp3) is 0. The van der Waals surface area contributed by atoms with Gasteiger partial charge in [0.25, 0.3) is 0 Å². The van der Waals surface area contributed by atoms with Gasteiger partial charge in [0.2, 0.25) is 0 Å². The van der Waals surface area contributed by atoms with Gasteiger partial charge in [-0.2, -0.15) is 5.10 Å². The molecule has 5 nitrogen and oxygen atoms in total. The standard InChI is InChI=1S/C9H8BrN3O2S/c10-6-4-2-1-3-5(6)7(8(14)15)12-13-9(11)16/h1-4H,(H,14,15)(H3,11,13,16)/p-1. The number of halogens is 1. The lowest BCUT2D eigenvalue weighted by molar-refractivity contribution is -0.294. The van der Waals surface area contributed by atoms with E-state index in [0.717, 1.165) is 0 Å².